The molecule has 1 aliphatic heterocycles. The summed E-state index contributed by atoms with van der Waals surface area (Å²) >= 11 is 0. The summed E-state index contributed by atoms with van der Waals surface area (Å²) in [4.78, 5) is 6.30. The van der Waals surface area contributed by atoms with Crippen LogP contribution >= 0.6 is 0 Å². The van der Waals surface area contributed by atoms with E-state index >= 15 is 0 Å². The van der Waals surface area contributed by atoms with Gasteiger partial charge in [-0.1, -0.05) is 81.5 Å². The minimum absolute atomic E-state index is 0.408. The molecule has 0 amide bonds. The Bertz CT molecular complexity index is 1540. The summed E-state index contributed by atoms with van der Waals surface area (Å²) in [6.07, 6.45) is 6.19. The number of aryl methyl sites for hydroxylation is 1. The molecule has 6 rings (SSSR count). The first-order valence-corrected chi connectivity index (χ1v) is 16.0. The number of aromatic amines is 1. The van der Waals surface area contributed by atoms with Crippen LogP contribution in [0.2, 0.25) is 0 Å². The number of rotatable bonds is 9. The Morgan fingerprint density at radius 2 is 1.95 bits per heavy atom. The van der Waals surface area contributed by atoms with Crippen LogP contribution in [-0.2, 0) is 20.1 Å². The number of nitrogen functional groups attached to an aromatic ring is 1. The van der Waals surface area contributed by atoms with Crippen molar-refractivity contribution in [2.45, 2.75) is 71.9 Å². The van der Waals surface area contributed by atoms with Gasteiger partial charge in [0.25, 0.3) is 0 Å². The van der Waals surface area contributed by atoms with Crippen LogP contribution in [0.1, 0.15) is 75.5 Å². The van der Waals surface area contributed by atoms with Gasteiger partial charge >= 0.3 is 0 Å². The van der Waals surface area contributed by atoms with Crippen LogP contribution in [0.25, 0.3) is 22.2 Å². The first-order valence-electron chi connectivity index (χ1n) is 16.0. The lowest BCUT2D eigenvalue weighted by Crippen LogP contribution is -2.42. The largest absolute Gasteiger partial charge is 0.380 e. The second-order valence-corrected chi connectivity index (χ2v) is 13.1. The number of nitrogens with zero attached hydrogens (tertiary/aromatic N) is 3. The molecule has 1 saturated carbocycles. The van der Waals surface area contributed by atoms with Gasteiger partial charge in [0.05, 0.1) is 5.52 Å². The van der Waals surface area contributed by atoms with E-state index in [4.69, 9.17) is 5.73 Å². The molecule has 1 saturated heterocycles. The molecule has 42 heavy (non-hydrogen) atoms. The second kappa shape index (κ2) is 12.0. The second-order valence-electron chi connectivity index (χ2n) is 13.1. The van der Waals surface area contributed by atoms with Crippen LogP contribution in [0.15, 0.2) is 60.7 Å². The molecule has 222 valence electrons. The molecular formula is C36H48N6. The third kappa shape index (κ3) is 5.49. The average Bonchev–Trinajstić information content (AvgIpc) is 3.49. The SMILES string of the molecule is C=C1CCCC2CN(Cc3cc(CNc4[nH]c5c(N)nn(C)c5c4[C@H](CC)C(C)C)ccc3-c3ccccc3)CCC12. The number of benzene rings is 2. The van der Waals surface area contributed by atoms with E-state index in [1.807, 2.05) is 11.7 Å². The Balaban J connectivity index is 1.28. The average molecular weight is 565 g/mol. The summed E-state index contributed by atoms with van der Waals surface area (Å²) in [6, 6.07) is 17.9. The summed E-state index contributed by atoms with van der Waals surface area (Å²) in [5.74, 6) is 4.03. The number of H-pyrrole nitrogens is 1. The molecule has 1 aliphatic carbocycles. The number of nitrogens with one attached hydrogen (secondary N) is 2. The quantitative estimate of drug-likeness (QED) is 0.180. The third-order valence-electron chi connectivity index (χ3n) is 10.00. The third-order valence-corrected chi connectivity index (χ3v) is 10.00. The molecule has 2 unspecified atom stereocenters. The highest BCUT2D eigenvalue weighted by Gasteiger charge is 2.33. The van der Waals surface area contributed by atoms with Gasteiger partial charge in [-0.2, -0.15) is 5.10 Å². The minimum Gasteiger partial charge on any atom is -0.380 e. The number of allylic oxidation sites excluding steroid dienone is 1. The molecule has 2 fully saturated rings. The molecule has 2 aliphatic rings. The van der Waals surface area contributed by atoms with Crippen molar-refractivity contribution in [2.75, 3.05) is 24.1 Å². The number of hydrogen-bond acceptors (Lipinski definition) is 4. The number of hydrogen-bond donors (Lipinski definition) is 3. The smallest absolute Gasteiger partial charge is 0.169 e. The molecule has 2 aromatic heterocycles. The van der Waals surface area contributed by atoms with E-state index in [2.05, 4.69) is 96.2 Å². The molecule has 0 spiro atoms. The molecular weight excluding hydrogens is 516 g/mol. The lowest BCUT2D eigenvalue weighted by molar-refractivity contribution is 0.110. The van der Waals surface area contributed by atoms with E-state index in [9.17, 15) is 0 Å². The van der Waals surface area contributed by atoms with Crippen molar-refractivity contribution < 1.29 is 0 Å². The van der Waals surface area contributed by atoms with Crippen LogP contribution in [-0.4, -0.2) is 32.8 Å². The fourth-order valence-electron chi connectivity index (χ4n) is 7.87. The van der Waals surface area contributed by atoms with E-state index < -0.39 is 0 Å². The van der Waals surface area contributed by atoms with Crippen LogP contribution in [0.4, 0.5) is 11.6 Å². The van der Waals surface area contributed by atoms with Crippen molar-refractivity contribution in [1.29, 1.82) is 0 Å². The number of aromatic nitrogens is 3. The van der Waals surface area contributed by atoms with Crippen LogP contribution in [0.5, 0.6) is 0 Å². The zero-order valence-electron chi connectivity index (χ0n) is 25.9. The standard InChI is InChI=1S/C36H48N6/c1-6-29(23(2)3)32-34-33(35(37)40-41(34)5)39-36(32)38-20-25-15-16-31(26-12-8-7-9-13-26)28(19-25)22-42-18-17-30-24(4)11-10-14-27(30)21-42/h7-9,12-13,15-16,19,23,27,29-30,38-39H,4,6,10-11,14,17-18,20-22H2,1-3,5H3,(H2,37,40)/t27?,29-,30?/m1/s1. The van der Waals surface area contributed by atoms with E-state index in [1.165, 1.54) is 65.6 Å². The maximum absolute atomic E-state index is 6.31. The molecule has 4 aromatic rings. The van der Waals surface area contributed by atoms with Gasteiger partial charge in [0.15, 0.2) is 5.82 Å². The Morgan fingerprint density at radius 3 is 2.71 bits per heavy atom. The Labute approximate surface area is 251 Å². The van der Waals surface area contributed by atoms with Crippen molar-refractivity contribution in [2.24, 2.45) is 24.8 Å². The predicted octanol–water partition coefficient (Wildman–Crippen LogP) is 8.09. The summed E-state index contributed by atoms with van der Waals surface area (Å²) in [7, 11) is 1.99. The topological polar surface area (TPSA) is 74.9 Å². The van der Waals surface area contributed by atoms with E-state index in [-0.39, 0.29) is 0 Å². The fraction of sp³-hybridized carbons (Fsp3) is 0.472. The molecule has 6 heteroatoms. The summed E-state index contributed by atoms with van der Waals surface area (Å²) in [5.41, 5.74) is 16.5. The number of fused-ring (bicyclic) bond motifs is 2. The minimum atomic E-state index is 0.408. The maximum Gasteiger partial charge on any atom is 0.169 e. The maximum atomic E-state index is 6.31. The number of nitrogens with two attached hydrogens (primary N) is 1. The number of piperidine rings is 1. The van der Waals surface area contributed by atoms with Gasteiger partial charge in [-0.05, 0) is 84.6 Å². The highest BCUT2D eigenvalue weighted by atomic mass is 15.3. The van der Waals surface area contributed by atoms with Crippen LogP contribution < -0.4 is 11.1 Å². The molecule has 3 atom stereocenters. The Kier molecular flexibility index (Phi) is 8.17. The van der Waals surface area contributed by atoms with Crippen LogP contribution in [0.3, 0.4) is 0 Å². The first-order chi connectivity index (χ1) is 20.3. The van der Waals surface area contributed by atoms with Crippen molar-refractivity contribution in [3.8, 4) is 11.1 Å². The Morgan fingerprint density at radius 1 is 1.14 bits per heavy atom. The first kappa shape index (κ1) is 28.6. The normalized spacial score (nSPS) is 20.3. The van der Waals surface area contributed by atoms with E-state index in [1.54, 1.807) is 0 Å². The monoisotopic (exact) mass is 564 g/mol. The Hall–Kier alpha value is -3.51. The van der Waals surface area contributed by atoms with Gasteiger partial charge in [-0.25, -0.2) is 0 Å². The highest BCUT2D eigenvalue weighted by Crippen LogP contribution is 2.41. The zero-order valence-corrected chi connectivity index (χ0v) is 25.9. The van der Waals surface area contributed by atoms with Gasteiger partial charge in [0.2, 0.25) is 0 Å². The van der Waals surface area contributed by atoms with Gasteiger partial charge in [-0.15, -0.1) is 0 Å². The van der Waals surface area contributed by atoms with Gasteiger partial charge in [-0.3, -0.25) is 9.58 Å². The molecule has 0 radical (unpaired) electrons. The molecule has 4 N–H and O–H groups in total. The summed E-state index contributed by atoms with van der Waals surface area (Å²) < 4.78 is 1.93. The number of anilines is 2. The molecule has 6 nitrogen and oxygen atoms in total. The lowest BCUT2D eigenvalue weighted by atomic mass is 9.72. The fourth-order valence-corrected chi connectivity index (χ4v) is 7.87. The van der Waals surface area contributed by atoms with Crippen molar-refractivity contribution >= 4 is 22.7 Å². The summed E-state index contributed by atoms with van der Waals surface area (Å²) in [5, 5.41) is 8.29. The van der Waals surface area contributed by atoms with E-state index in [0.29, 0.717) is 17.7 Å². The number of likely N-dealkylation sites (tertiary alicyclic amines) is 1. The van der Waals surface area contributed by atoms with Gasteiger partial charge in [0, 0.05) is 32.2 Å². The molecule has 3 heterocycles. The van der Waals surface area contributed by atoms with Crippen LogP contribution in [0, 0.1) is 17.8 Å². The lowest BCUT2D eigenvalue weighted by Gasteiger charge is -2.42. The van der Waals surface area contributed by atoms with Gasteiger partial charge in [0.1, 0.15) is 11.3 Å². The summed E-state index contributed by atoms with van der Waals surface area (Å²) in [6.45, 7) is 15.4. The van der Waals surface area contributed by atoms with Crippen molar-refractivity contribution in [1.82, 2.24) is 19.7 Å². The highest BCUT2D eigenvalue weighted by molar-refractivity contribution is 5.93. The van der Waals surface area contributed by atoms with Crippen molar-refractivity contribution in [3.05, 3.63) is 77.4 Å². The van der Waals surface area contributed by atoms with Crippen molar-refractivity contribution in [3.63, 3.8) is 0 Å². The molecule has 2 aromatic carbocycles. The van der Waals surface area contributed by atoms with E-state index in [0.717, 1.165) is 54.7 Å². The zero-order chi connectivity index (χ0) is 29.4. The molecule has 0 bridgehead atoms. The predicted molar refractivity (Wildman–Crippen MR) is 176 cm³/mol. The van der Waals surface area contributed by atoms with Gasteiger partial charge < -0.3 is 16.0 Å².